The average Bonchev–Trinajstić information content (AvgIpc) is 2.89. The van der Waals surface area contributed by atoms with Gasteiger partial charge in [0.25, 0.3) is 5.91 Å². The molecule has 1 aliphatic rings. The Bertz CT molecular complexity index is 431. The van der Waals surface area contributed by atoms with Gasteiger partial charge in [-0.2, -0.15) is 0 Å². The maximum Gasteiger partial charge on any atom is 0.254 e. The van der Waals surface area contributed by atoms with Crippen molar-refractivity contribution in [2.45, 2.75) is 30.5 Å². The second kappa shape index (κ2) is 6.91. The topological polar surface area (TPSA) is 51.2 Å². The minimum absolute atomic E-state index is 0.0387. The van der Waals surface area contributed by atoms with Crippen LogP contribution in [0.3, 0.4) is 0 Å². The average molecular weight is 280 g/mol. The molecule has 0 spiro atoms. The maximum absolute atomic E-state index is 12.2. The Kier molecular flexibility index (Phi) is 5.22. The molecule has 0 saturated carbocycles. The number of thioether (sulfide) groups is 1. The lowest BCUT2D eigenvalue weighted by molar-refractivity contribution is 0.0941. The maximum atomic E-state index is 12.2. The van der Waals surface area contributed by atoms with Crippen LogP contribution in [-0.2, 0) is 4.74 Å². The number of carbonyl (C=O) groups excluding carboxylic acids is 1. The number of rotatable bonds is 5. The lowest BCUT2D eigenvalue weighted by Gasteiger charge is -2.12. The summed E-state index contributed by atoms with van der Waals surface area (Å²) in [4.78, 5) is 16.5. The van der Waals surface area contributed by atoms with Crippen LogP contribution < -0.4 is 5.32 Å². The van der Waals surface area contributed by atoms with E-state index in [2.05, 4.69) is 24.1 Å². The molecule has 0 bridgehead atoms. The summed E-state index contributed by atoms with van der Waals surface area (Å²) < 4.78 is 5.30. The van der Waals surface area contributed by atoms with E-state index in [0.29, 0.717) is 23.3 Å². The van der Waals surface area contributed by atoms with Crippen molar-refractivity contribution in [1.29, 1.82) is 0 Å². The monoisotopic (exact) mass is 280 g/mol. The third kappa shape index (κ3) is 4.21. The van der Waals surface area contributed by atoms with Crippen molar-refractivity contribution in [2.24, 2.45) is 5.92 Å². The molecule has 4 nitrogen and oxygen atoms in total. The molecule has 0 aliphatic carbocycles. The van der Waals surface area contributed by atoms with Gasteiger partial charge in [-0.3, -0.25) is 4.79 Å². The number of pyridine rings is 1. The standard InChI is InChI=1S/C14H20N2O2S/c1-10(2)19-14-12(4-3-6-15-14)13(17)16-8-11-5-7-18-9-11/h3-4,6,10-11H,5,7-9H2,1-2H3,(H,16,17)/t11-/m0/s1. The molecule has 0 unspecified atom stereocenters. The van der Waals surface area contributed by atoms with E-state index in [9.17, 15) is 4.79 Å². The van der Waals surface area contributed by atoms with Crippen molar-refractivity contribution >= 4 is 17.7 Å². The second-order valence-corrected chi connectivity index (χ2v) is 6.53. The minimum Gasteiger partial charge on any atom is -0.381 e. The summed E-state index contributed by atoms with van der Waals surface area (Å²) in [7, 11) is 0. The number of amides is 1. The molecule has 1 N–H and O–H groups in total. The molecule has 0 aromatic carbocycles. The van der Waals surface area contributed by atoms with Crippen LogP contribution >= 0.6 is 11.8 Å². The zero-order valence-corrected chi connectivity index (χ0v) is 12.2. The van der Waals surface area contributed by atoms with E-state index in [4.69, 9.17) is 4.74 Å². The van der Waals surface area contributed by atoms with Crippen molar-refractivity contribution in [2.75, 3.05) is 19.8 Å². The van der Waals surface area contributed by atoms with E-state index in [1.54, 1.807) is 24.0 Å². The van der Waals surface area contributed by atoms with Gasteiger partial charge in [0.2, 0.25) is 0 Å². The minimum atomic E-state index is -0.0387. The van der Waals surface area contributed by atoms with E-state index in [1.165, 1.54) is 0 Å². The zero-order valence-electron chi connectivity index (χ0n) is 11.4. The highest BCUT2D eigenvalue weighted by Crippen LogP contribution is 2.24. The number of hydrogen-bond donors (Lipinski definition) is 1. The smallest absolute Gasteiger partial charge is 0.254 e. The molecule has 0 radical (unpaired) electrons. The highest BCUT2D eigenvalue weighted by Gasteiger charge is 2.18. The summed E-state index contributed by atoms with van der Waals surface area (Å²) in [6, 6.07) is 3.64. The molecule has 1 aliphatic heterocycles. The summed E-state index contributed by atoms with van der Waals surface area (Å²) in [5.74, 6) is 0.407. The normalized spacial score (nSPS) is 18.8. The van der Waals surface area contributed by atoms with E-state index in [0.717, 1.165) is 24.7 Å². The van der Waals surface area contributed by atoms with Gasteiger partial charge in [-0.05, 0) is 18.6 Å². The molecule has 5 heteroatoms. The first-order chi connectivity index (χ1) is 9.16. The summed E-state index contributed by atoms with van der Waals surface area (Å²) in [6.45, 7) is 6.43. The number of nitrogens with zero attached hydrogens (tertiary/aromatic N) is 1. The fraction of sp³-hybridized carbons (Fsp3) is 0.571. The summed E-state index contributed by atoms with van der Waals surface area (Å²) in [6.07, 6.45) is 2.76. The van der Waals surface area contributed by atoms with Gasteiger partial charge in [0.1, 0.15) is 5.03 Å². The molecule has 1 fully saturated rings. The highest BCUT2D eigenvalue weighted by atomic mass is 32.2. The fourth-order valence-electron chi connectivity index (χ4n) is 1.96. The van der Waals surface area contributed by atoms with E-state index >= 15 is 0 Å². The quantitative estimate of drug-likeness (QED) is 0.841. The predicted octanol–water partition coefficient (Wildman–Crippen LogP) is 2.35. The Hall–Kier alpha value is -1.07. The Morgan fingerprint density at radius 2 is 2.47 bits per heavy atom. The predicted molar refractivity (Wildman–Crippen MR) is 76.5 cm³/mol. The first kappa shape index (κ1) is 14.3. The number of nitrogens with one attached hydrogen (secondary N) is 1. The first-order valence-electron chi connectivity index (χ1n) is 6.64. The van der Waals surface area contributed by atoms with Gasteiger partial charge in [-0.1, -0.05) is 13.8 Å². The van der Waals surface area contributed by atoms with E-state index < -0.39 is 0 Å². The van der Waals surface area contributed by atoms with Crippen LogP contribution in [0.1, 0.15) is 30.6 Å². The van der Waals surface area contributed by atoms with Crippen molar-refractivity contribution in [1.82, 2.24) is 10.3 Å². The molecule has 1 saturated heterocycles. The number of carbonyl (C=O) groups is 1. The number of aromatic nitrogens is 1. The lowest BCUT2D eigenvalue weighted by Crippen LogP contribution is -2.30. The van der Waals surface area contributed by atoms with Gasteiger partial charge in [0.15, 0.2) is 0 Å². The van der Waals surface area contributed by atoms with Gasteiger partial charge in [-0.25, -0.2) is 4.98 Å². The molecule has 104 valence electrons. The molecular formula is C14H20N2O2S. The summed E-state index contributed by atoms with van der Waals surface area (Å²) in [5.41, 5.74) is 0.667. The zero-order chi connectivity index (χ0) is 13.7. The van der Waals surface area contributed by atoms with Gasteiger partial charge in [0, 0.05) is 30.5 Å². The van der Waals surface area contributed by atoms with Crippen molar-refractivity contribution in [3.05, 3.63) is 23.9 Å². The number of ether oxygens (including phenoxy) is 1. The van der Waals surface area contributed by atoms with Crippen molar-refractivity contribution < 1.29 is 9.53 Å². The van der Waals surface area contributed by atoms with Crippen LogP contribution in [0.15, 0.2) is 23.4 Å². The van der Waals surface area contributed by atoms with Crippen molar-refractivity contribution in [3.8, 4) is 0 Å². The van der Waals surface area contributed by atoms with Crippen LogP contribution in [0.25, 0.3) is 0 Å². The van der Waals surface area contributed by atoms with Crippen LogP contribution in [0, 0.1) is 5.92 Å². The third-order valence-corrected chi connectivity index (χ3v) is 3.96. The van der Waals surface area contributed by atoms with Gasteiger partial charge >= 0.3 is 0 Å². The molecule has 19 heavy (non-hydrogen) atoms. The van der Waals surface area contributed by atoms with Crippen molar-refractivity contribution in [3.63, 3.8) is 0 Å². The first-order valence-corrected chi connectivity index (χ1v) is 7.52. The van der Waals surface area contributed by atoms with Crippen LogP contribution in [0.5, 0.6) is 0 Å². The third-order valence-electron chi connectivity index (χ3n) is 2.94. The van der Waals surface area contributed by atoms with E-state index in [1.807, 2.05) is 6.07 Å². The summed E-state index contributed by atoms with van der Waals surface area (Å²) >= 11 is 1.61. The molecule has 1 aromatic heterocycles. The highest BCUT2D eigenvalue weighted by molar-refractivity contribution is 7.99. The second-order valence-electron chi connectivity index (χ2n) is 4.96. The van der Waals surface area contributed by atoms with Gasteiger partial charge in [-0.15, -0.1) is 11.8 Å². The van der Waals surface area contributed by atoms with Gasteiger partial charge < -0.3 is 10.1 Å². The molecular weight excluding hydrogens is 260 g/mol. The lowest BCUT2D eigenvalue weighted by atomic mass is 10.1. The molecule has 1 amide bonds. The largest absolute Gasteiger partial charge is 0.381 e. The Labute approximate surface area is 118 Å². The molecule has 2 rings (SSSR count). The van der Waals surface area contributed by atoms with E-state index in [-0.39, 0.29) is 5.91 Å². The Morgan fingerprint density at radius 3 is 3.16 bits per heavy atom. The fourth-order valence-corrected chi connectivity index (χ4v) is 2.81. The number of hydrogen-bond acceptors (Lipinski definition) is 4. The summed E-state index contributed by atoms with van der Waals surface area (Å²) in [5, 5.41) is 4.19. The SMILES string of the molecule is CC(C)Sc1ncccc1C(=O)NC[C@@H]1CCOC1. The van der Waals surface area contributed by atoms with Gasteiger partial charge in [0.05, 0.1) is 12.2 Å². The van der Waals surface area contributed by atoms with Crippen LogP contribution in [-0.4, -0.2) is 35.9 Å². The Balaban J connectivity index is 1.97. The molecule has 1 aromatic rings. The molecule has 1 atom stereocenters. The van der Waals surface area contributed by atoms with Crippen LogP contribution in [0.4, 0.5) is 0 Å². The van der Waals surface area contributed by atoms with Crippen LogP contribution in [0.2, 0.25) is 0 Å². The Morgan fingerprint density at radius 1 is 1.63 bits per heavy atom. The molecule has 2 heterocycles.